The molecule has 1 saturated heterocycles. The lowest BCUT2D eigenvalue weighted by atomic mass is 10.1. The van der Waals surface area contributed by atoms with E-state index in [1.54, 1.807) is 18.2 Å². The molecular weight excluding hydrogens is 388 g/mol. The van der Waals surface area contributed by atoms with Gasteiger partial charge in [-0.3, -0.25) is 20.4 Å². The molecule has 154 valence electrons. The Morgan fingerprint density at radius 3 is 2.76 bits per heavy atom. The first-order valence-corrected chi connectivity index (χ1v) is 11.1. The number of amides is 2. The lowest BCUT2D eigenvalue weighted by Gasteiger charge is -2.14. The lowest BCUT2D eigenvalue weighted by molar-refractivity contribution is 0.0669. The van der Waals surface area contributed by atoms with Gasteiger partial charge in [-0.2, -0.15) is 0 Å². The number of carbonyl (C=O) groups is 2. The van der Waals surface area contributed by atoms with E-state index in [1.165, 1.54) is 41.0 Å². The summed E-state index contributed by atoms with van der Waals surface area (Å²) in [5, 5.41) is 0. The predicted octanol–water partition coefficient (Wildman–Crippen LogP) is 3.65. The van der Waals surface area contributed by atoms with Crippen molar-refractivity contribution in [3.8, 4) is 5.75 Å². The Morgan fingerprint density at radius 1 is 1.07 bits per heavy atom. The maximum atomic E-state index is 12.6. The molecule has 2 amide bonds. The summed E-state index contributed by atoms with van der Waals surface area (Å²) >= 11 is 1.53. The highest BCUT2D eigenvalue weighted by Gasteiger charge is 2.20. The van der Waals surface area contributed by atoms with Crippen LogP contribution in [0.3, 0.4) is 0 Å². The molecule has 2 aromatic rings. The van der Waals surface area contributed by atoms with E-state index < -0.39 is 5.91 Å². The second-order valence-electron chi connectivity index (χ2n) is 7.47. The summed E-state index contributed by atoms with van der Waals surface area (Å²) in [6, 6.07) is 8.98. The molecule has 2 heterocycles. The molecule has 1 aliphatic heterocycles. The standard InChI is InChI=1S/C22H26N2O4S/c25-21(17-9-4-5-10-18(17)28-14-16-8-6-12-27-16)23-24-22(26)20-13-15-7-2-1-3-11-19(15)29-20/h4-5,9-10,13,16H,1-3,6-8,11-12,14H2,(H,23,25)(H,24,26)/t16-/m0/s1. The molecule has 7 heteroatoms. The van der Waals surface area contributed by atoms with Crippen LogP contribution in [0.2, 0.25) is 0 Å². The smallest absolute Gasteiger partial charge is 0.279 e. The minimum absolute atomic E-state index is 0.0693. The number of hydrogen-bond donors (Lipinski definition) is 2. The highest BCUT2D eigenvalue weighted by Crippen LogP contribution is 2.29. The van der Waals surface area contributed by atoms with E-state index in [9.17, 15) is 9.59 Å². The quantitative estimate of drug-likeness (QED) is 0.578. The van der Waals surface area contributed by atoms with Gasteiger partial charge in [0, 0.05) is 11.5 Å². The van der Waals surface area contributed by atoms with E-state index in [4.69, 9.17) is 9.47 Å². The molecule has 1 atom stereocenters. The summed E-state index contributed by atoms with van der Waals surface area (Å²) in [6.45, 7) is 1.17. The van der Waals surface area contributed by atoms with Crippen LogP contribution in [-0.4, -0.2) is 31.1 Å². The summed E-state index contributed by atoms with van der Waals surface area (Å²) in [5.74, 6) is -0.203. The molecule has 4 rings (SSSR count). The Balaban J connectivity index is 1.35. The van der Waals surface area contributed by atoms with Crippen LogP contribution in [-0.2, 0) is 17.6 Å². The Labute approximate surface area is 174 Å². The van der Waals surface area contributed by atoms with Crippen LogP contribution in [0.4, 0.5) is 0 Å². The summed E-state index contributed by atoms with van der Waals surface area (Å²) in [6.07, 6.45) is 7.73. The molecule has 0 unspecified atom stereocenters. The van der Waals surface area contributed by atoms with Crippen molar-refractivity contribution in [1.29, 1.82) is 0 Å². The molecule has 1 fully saturated rings. The van der Waals surface area contributed by atoms with Crippen molar-refractivity contribution in [2.75, 3.05) is 13.2 Å². The number of hydrazine groups is 1. The Kier molecular flexibility index (Phi) is 6.46. The summed E-state index contributed by atoms with van der Waals surface area (Å²) in [4.78, 5) is 27.0. The van der Waals surface area contributed by atoms with E-state index >= 15 is 0 Å². The van der Waals surface area contributed by atoms with Crippen LogP contribution < -0.4 is 15.6 Å². The van der Waals surface area contributed by atoms with E-state index in [-0.39, 0.29) is 12.0 Å². The van der Waals surface area contributed by atoms with E-state index in [0.29, 0.717) is 22.8 Å². The summed E-state index contributed by atoms with van der Waals surface area (Å²) in [7, 11) is 0. The number of hydrogen-bond acceptors (Lipinski definition) is 5. The van der Waals surface area contributed by atoms with E-state index in [2.05, 4.69) is 10.9 Å². The number of fused-ring (bicyclic) bond motifs is 1. The first kappa shape index (κ1) is 19.9. The molecule has 0 spiro atoms. The fraction of sp³-hybridized carbons (Fsp3) is 0.455. The topological polar surface area (TPSA) is 76.7 Å². The number of ether oxygens (including phenoxy) is 2. The number of para-hydroxylation sites is 1. The number of nitrogens with one attached hydrogen (secondary N) is 2. The SMILES string of the molecule is O=C(NNC(=O)c1ccccc1OC[C@@H]1CCCO1)c1cc2c(s1)CCCCC2. The van der Waals surface area contributed by atoms with Gasteiger partial charge in [-0.1, -0.05) is 18.6 Å². The molecule has 2 N–H and O–H groups in total. The molecular formula is C22H26N2O4S. The van der Waals surface area contributed by atoms with Crippen LogP contribution in [0.15, 0.2) is 30.3 Å². The van der Waals surface area contributed by atoms with Crippen LogP contribution in [0.25, 0.3) is 0 Å². The summed E-state index contributed by atoms with van der Waals surface area (Å²) in [5.41, 5.74) is 6.71. The maximum absolute atomic E-state index is 12.6. The van der Waals surface area contributed by atoms with Gasteiger partial charge < -0.3 is 9.47 Å². The van der Waals surface area contributed by atoms with Crippen molar-refractivity contribution in [2.45, 2.75) is 51.0 Å². The van der Waals surface area contributed by atoms with Crippen LogP contribution >= 0.6 is 11.3 Å². The molecule has 0 saturated carbocycles. The number of rotatable bonds is 5. The van der Waals surface area contributed by atoms with Gasteiger partial charge in [0.15, 0.2) is 0 Å². The van der Waals surface area contributed by atoms with Gasteiger partial charge >= 0.3 is 0 Å². The molecule has 0 radical (unpaired) electrons. The predicted molar refractivity (Wildman–Crippen MR) is 111 cm³/mol. The molecule has 1 aromatic carbocycles. The third-order valence-electron chi connectivity index (χ3n) is 5.34. The zero-order valence-corrected chi connectivity index (χ0v) is 17.2. The third-order valence-corrected chi connectivity index (χ3v) is 6.58. The average Bonchev–Trinajstić information content (AvgIpc) is 3.36. The average molecular weight is 415 g/mol. The first-order chi connectivity index (χ1) is 14.2. The fourth-order valence-corrected chi connectivity index (χ4v) is 4.91. The van der Waals surface area contributed by atoms with Crippen molar-refractivity contribution in [3.63, 3.8) is 0 Å². The molecule has 29 heavy (non-hydrogen) atoms. The Bertz CT molecular complexity index is 850. The van der Waals surface area contributed by atoms with Gasteiger partial charge in [-0.25, -0.2) is 0 Å². The van der Waals surface area contributed by atoms with Crippen LogP contribution in [0.1, 0.15) is 62.6 Å². The normalized spacial score (nSPS) is 18.6. The molecule has 1 aromatic heterocycles. The largest absolute Gasteiger partial charge is 0.490 e. The second-order valence-corrected chi connectivity index (χ2v) is 8.61. The summed E-state index contributed by atoms with van der Waals surface area (Å²) < 4.78 is 11.4. The molecule has 2 aliphatic rings. The van der Waals surface area contributed by atoms with Gasteiger partial charge in [-0.05, 0) is 62.3 Å². The number of carbonyl (C=O) groups excluding carboxylic acids is 2. The van der Waals surface area contributed by atoms with Crippen molar-refractivity contribution in [1.82, 2.24) is 10.9 Å². The minimum Gasteiger partial charge on any atom is -0.490 e. The Morgan fingerprint density at radius 2 is 1.90 bits per heavy atom. The van der Waals surface area contributed by atoms with E-state index in [0.717, 1.165) is 32.3 Å². The van der Waals surface area contributed by atoms with Crippen LogP contribution in [0.5, 0.6) is 5.75 Å². The fourth-order valence-electron chi connectivity index (χ4n) is 3.76. The number of thiophene rings is 1. The number of benzene rings is 1. The van der Waals surface area contributed by atoms with Crippen molar-refractivity contribution in [3.05, 3.63) is 51.2 Å². The molecule has 1 aliphatic carbocycles. The molecule has 6 nitrogen and oxygen atoms in total. The second kappa shape index (κ2) is 9.41. The zero-order valence-electron chi connectivity index (χ0n) is 16.4. The minimum atomic E-state index is -0.403. The Hall–Kier alpha value is -2.38. The maximum Gasteiger partial charge on any atom is 0.279 e. The van der Waals surface area contributed by atoms with Gasteiger partial charge in [0.1, 0.15) is 12.4 Å². The molecule has 0 bridgehead atoms. The lowest BCUT2D eigenvalue weighted by Crippen LogP contribution is -2.41. The van der Waals surface area contributed by atoms with Crippen molar-refractivity contribution in [2.24, 2.45) is 0 Å². The van der Waals surface area contributed by atoms with Gasteiger partial charge in [0.25, 0.3) is 11.8 Å². The van der Waals surface area contributed by atoms with Crippen molar-refractivity contribution < 1.29 is 19.1 Å². The zero-order chi connectivity index (χ0) is 20.1. The van der Waals surface area contributed by atoms with Gasteiger partial charge in [0.2, 0.25) is 0 Å². The highest BCUT2D eigenvalue weighted by atomic mass is 32.1. The van der Waals surface area contributed by atoms with Gasteiger partial charge in [-0.15, -0.1) is 11.3 Å². The van der Waals surface area contributed by atoms with Crippen LogP contribution in [0, 0.1) is 0 Å². The van der Waals surface area contributed by atoms with E-state index in [1.807, 2.05) is 12.1 Å². The third kappa shape index (κ3) is 4.97. The van der Waals surface area contributed by atoms with Gasteiger partial charge in [0.05, 0.1) is 16.5 Å². The monoisotopic (exact) mass is 414 g/mol. The first-order valence-electron chi connectivity index (χ1n) is 10.3. The highest BCUT2D eigenvalue weighted by molar-refractivity contribution is 7.14. The number of aryl methyl sites for hydroxylation is 2. The van der Waals surface area contributed by atoms with Crippen molar-refractivity contribution >= 4 is 23.2 Å².